The Balaban J connectivity index is 0.000000196. The summed E-state index contributed by atoms with van der Waals surface area (Å²) < 4.78 is 4.73. The Hall–Kier alpha value is -4.93. The first kappa shape index (κ1) is 40.8. The number of hydrogen-bond acceptors (Lipinski definition) is 12. The van der Waals surface area contributed by atoms with Crippen LogP contribution in [0, 0.1) is 0 Å². The average molecular weight is 755 g/mol. The van der Waals surface area contributed by atoms with Crippen LogP contribution in [0.1, 0.15) is 25.7 Å². The highest BCUT2D eigenvalue weighted by molar-refractivity contribution is 6.17. The van der Waals surface area contributed by atoms with Crippen molar-refractivity contribution in [3.63, 3.8) is 0 Å². The molecule has 2 aromatic carbocycles. The number of hydrogen-bond donors (Lipinski definition) is 3. The quantitative estimate of drug-likeness (QED) is 0.147. The van der Waals surface area contributed by atoms with Crippen LogP contribution in [0.25, 0.3) is 0 Å². The highest BCUT2D eigenvalue weighted by atomic mass is 35.5. The van der Waals surface area contributed by atoms with Crippen LogP contribution in [-0.2, 0) is 27.2 Å². The number of anilines is 2. The van der Waals surface area contributed by atoms with Gasteiger partial charge in [-0.05, 0) is 56.5 Å². The minimum absolute atomic E-state index is 0.330. The summed E-state index contributed by atoms with van der Waals surface area (Å²) in [5.41, 5.74) is 0.328. The van der Waals surface area contributed by atoms with E-state index in [1.807, 2.05) is 36.4 Å². The lowest BCUT2D eigenvalue weighted by Gasteiger charge is -2.36. The molecule has 2 aromatic heterocycles. The maximum absolute atomic E-state index is 11.9. The molecule has 2 fully saturated rings. The molecule has 0 saturated carbocycles. The van der Waals surface area contributed by atoms with E-state index in [2.05, 4.69) is 30.2 Å². The number of nitrogens with zero attached hydrogens (tertiary/aromatic N) is 9. The highest BCUT2D eigenvalue weighted by Gasteiger charge is 2.19. The van der Waals surface area contributed by atoms with Gasteiger partial charge in [-0.2, -0.15) is 10.2 Å². The van der Waals surface area contributed by atoms with Crippen molar-refractivity contribution in [3.8, 4) is 11.5 Å². The summed E-state index contributed by atoms with van der Waals surface area (Å²) >= 11 is 5.50. The van der Waals surface area contributed by atoms with E-state index in [4.69, 9.17) is 11.6 Å². The smallest absolute Gasteiger partial charge is 0.347 e. The molecular formula is C36H51ClN10O6. The number of nitrogens with one attached hydrogen (secondary N) is 1. The first-order chi connectivity index (χ1) is 25.6. The number of unbranched alkanes of at least 4 members (excludes halogenated alkanes) is 2. The Morgan fingerprint density at radius 1 is 0.623 bits per heavy atom. The number of aromatic hydroxyl groups is 2. The molecule has 2 aliphatic heterocycles. The van der Waals surface area contributed by atoms with Gasteiger partial charge < -0.3 is 25.3 Å². The van der Waals surface area contributed by atoms with Crippen molar-refractivity contribution in [2.75, 3.05) is 74.6 Å². The summed E-state index contributed by atoms with van der Waals surface area (Å²) in [4.78, 5) is 52.5. The van der Waals surface area contributed by atoms with Crippen LogP contribution in [0.4, 0.5) is 11.4 Å². The number of halogens is 1. The Morgan fingerprint density at radius 2 is 1.06 bits per heavy atom. The van der Waals surface area contributed by atoms with Crippen molar-refractivity contribution in [2.45, 2.75) is 38.8 Å². The SMILES string of the molecule is Cn1c(=O)cnn(CCCCCl)c1=O.Cn1c(=O)cnn(CCCCN2CCN(c3ccccc3O)CC2)c1=O.Oc1ccccc1N1CCNCC1. The van der Waals surface area contributed by atoms with Crippen LogP contribution in [0.3, 0.4) is 0 Å². The summed E-state index contributed by atoms with van der Waals surface area (Å²) in [5.74, 6) is 1.28. The summed E-state index contributed by atoms with van der Waals surface area (Å²) in [6.07, 6.45) is 5.74. The van der Waals surface area contributed by atoms with Crippen LogP contribution >= 0.6 is 11.6 Å². The highest BCUT2D eigenvalue weighted by Crippen LogP contribution is 2.27. The second kappa shape index (κ2) is 20.9. The van der Waals surface area contributed by atoms with Crippen molar-refractivity contribution in [3.05, 3.63) is 103 Å². The minimum Gasteiger partial charge on any atom is -0.506 e. The maximum atomic E-state index is 11.9. The van der Waals surface area contributed by atoms with E-state index in [9.17, 15) is 29.4 Å². The summed E-state index contributed by atoms with van der Waals surface area (Å²) in [6.45, 7) is 9.59. The molecule has 17 heteroatoms. The second-order valence-corrected chi connectivity index (χ2v) is 13.1. The molecule has 0 amide bonds. The van der Waals surface area contributed by atoms with Crippen molar-refractivity contribution in [1.29, 1.82) is 0 Å². The zero-order chi connectivity index (χ0) is 38.2. The molecule has 2 aliphatic rings. The zero-order valence-electron chi connectivity index (χ0n) is 30.5. The Morgan fingerprint density at radius 3 is 1.53 bits per heavy atom. The maximum Gasteiger partial charge on any atom is 0.347 e. The number of piperazine rings is 2. The molecule has 4 heterocycles. The van der Waals surface area contributed by atoms with Gasteiger partial charge in [0.05, 0.1) is 11.4 Å². The molecule has 16 nitrogen and oxygen atoms in total. The first-order valence-corrected chi connectivity index (χ1v) is 18.5. The number of rotatable bonds is 11. The average Bonchev–Trinajstić information content (AvgIpc) is 3.18. The fourth-order valence-corrected chi connectivity index (χ4v) is 6.08. The van der Waals surface area contributed by atoms with Crippen molar-refractivity contribution >= 4 is 23.0 Å². The van der Waals surface area contributed by atoms with E-state index in [0.717, 1.165) is 111 Å². The minimum atomic E-state index is -0.386. The normalized spacial score (nSPS) is 14.5. The number of phenolic OH excluding ortho intramolecular Hbond substituents is 2. The first-order valence-electron chi connectivity index (χ1n) is 17.9. The molecule has 0 unspecified atom stereocenters. The second-order valence-electron chi connectivity index (χ2n) is 12.7. The summed E-state index contributed by atoms with van der Waals surface area (Å²) in [7, 11) is 2.90. The number of para-hydroxylation sites is 4. The lowest BCUT2D eigenvalue weighted by atomic mass is 10.2. The molecule has 0 bridgehead atoms. The van der Waals surface area contributed by atoms with Gasteiger partial charge in [-0.15, -0.1) is 11.6 Å². The molecule has 0 radical (unpaired) electrons. The fraction of sp³-hybridized carbons (Fsp3) is 0.500. The lowest BCUT2D eigenvalue weighted by Crippen LogP contribution is -2.46. The zero-order valence-corrected chi connectivity index (χ0v) is 31.3. The van der Waals surface area contributed by atoms with E-state index in [1.165, 1.54) is 29.7 Å². The molecule has 0 aliphatic carbocycles. The third kappa shape index (κ3) is 12.1. The van der Waals surface area contributed by atoms with Gasteiger partial charge in [-0.1, -0.05) is 24.3 Å². The summed E-state index contributed by atoms with van der Waals surface area (Å²) in [5, 5.41) is 30.5. The third-order valence-electron chi connectivity index (χ3n) is 9.07. The van der Waals surface area contributed by atoms with Gasteiger partial charge in [0.2, 0.25) is 0 Å². The van der Waals surface area contributed by atoms with Crippen LogP contribution in [-0.4, -0.2) is 109 Å². The van der Waals surface area contributed by atoms with Gasteiger partial charge >= 0.3 is 11.4 Å². The molecule has 4 aromatic rings. The van der Waals surface area contributed by atoms with Crippen molar-refractivity contribution in [1.82, 2.24) is 38.9 Å². The van der Waals surface area contributed by atoms with Crippen LogP contribution < -0.4 is 37.6 Å². The van der Waals surface area contributed by atoms with Crippen LogP contribution in [0.5, 0.6) is 11.5 Å². The molecule has 53 heavy (non-hydrogen) atoms. The number of aromatic nitrogens is 6. The van der Waals surface area contributed by atoms with Gasteiger partial charge in [0, 0.05) is 85.4 Å². The van der Waals surface area contributed by atoms with Gasteiger partial charge in [0.15, 0.2) is 0 Å². The number of aryl methyl sites for hydroxylation is 2. The van der Waals surface area contributed by atoms with Gasteiger partial charge in [-0.3, -0.25) is 23.6 Å². The number of phenols is 2. The molecule has 3 N–H and O–H groups in total. The molecule has 288 valence electrons. The van der Waals surface area contributed by atoms with Gasteiger partial charge in [0.1, 0.15) is 23.9 Å². The topological polar surface area (TPSA) is 176 Å². The summed E-state index contributed by atoms with van der Waals surface area (Å²) in [6, 6.07) is 14.9. The van der Waals surface area contributed by atoms with Gasteiger partial charge in [-0.25, -0.2) is 19.0 Å². The van der Waals surface area contributed by atoms with Gasteiger partial charge in [0.25, 0.3) is 11.1 Å². The van der Waals surface area contributed by atoms with Crippen LogP contribution in [0.2, 0.25) is 0 Å². The Kier molecular flexibility index (Phi) is 16.1. The molecule has 0 spiro atoms. The Bertz CT molecular complexity index is 1970. The monoisotopic (exact) mass is 754 g/mol. The van der Waals surface area contributed by atoms with E-state index in [0.29, 0.717) is 30.5 Å². The molecular weight excluding hydrogens is 704 g/mol. The third-order valence-corrected chi connectivity index (χ3v) is 9.34. The van der Waals surface area contributed by atoms with E-state index in [-0.39, 0.29) is 22.5 Å². The van der Waals surface area contributed by atoms with Crippen LogP contribution in [0.15, 0.2) is 80.1 Å². The lowest BCUT2D eigenvalue weighted by molar-refractivity contribution is 0.249. The molecule has 6 rings (SSSR count). The number of benzene rings is 2. The standard InChI is InChI=1S/C18H25N5O3.C10H14N2O.C8H12ClN3O2/c1-20-17(25)14-19-23(18(20)26)9-5-4-8-21-10-12-22(13-11-21)15-6-2-3-7-16(15)24;13-10-4-2-1-3-9(10)12-7-5-11-6-8-12;1-11-7(13)6-10-12(8(11)14)5-3-2-4-9/h2-3,6-7,14,24H,4-5,8-13H2,1H3;1-4,11,13H,5-8H2;6H,2-5H2,1H3. The predicted octanol–water partition coefficient (Wildman–Crippen LogP) is 1.01. The number of alkyl halides is 1. The molecule has 2 saturated heterocycles. The van der Waals surface area contributed by atoms with Crippen molar-refractivity contribution in [2.24, 2.45) is 14.1 Å². The largest absolute Gasteiger partial charge is 0.506 e. The Labute approximate surface area is 313 Å². The van der Waals surface area contributed by atoms with E-state index >= 15 is 0 Å². The predicted molar refractivity (Wildman–Crippen MR) is 207 cm³/mol. The molecule has 0 atom stereocenters. The fourth-order valence-electron chi connectivity index (χ4n) is 5.89. The van der Waals surface area contributed by atoms with Crippen molar-refractivity contribution < 1.29 is 10.2 Å². The van der Waals surface area contributed by atoms with E-state index < -0.39 is 0 Å². The van der Waals surface area contributed by atoms with E-state index in [1.54, 1.807) is 12.1 Å².